The first-order chi connectivity index (χ1) is 7.43. The van der Waals surface area contributed by atoms with Crippen molar-refractivity contribution in [3.05, 3.63) is 28.8 Å². The quantitative estimate of drug-likeness (QED) is 0.720. The van der Waals surface area contributed by atoms with Gasteiger partial charge in [-0.15, -0.1) is 0 Å². The van der Waals surface area contributed by atoms with Crippen LogP contribution in [0, 0.1) is 0 Å². The standard InChI is InChI=1S/C10H8ClNO4/c11-5-1-2-6-7(3-5)12-9(15)10(6,16)4-8(13)14/h1-3,16H,4H2,(H,12,15)(H,13,14). The Balaban J connectivity index is 2.51. The normalized spacial score (nSPS) is 22.8. The van der Waals surface area contributed by atoms with Crippen LogP contribution in [0.15, 0.2) is 18.2 Å². The van der Waals surface area contributed by atoms with Gasteiger partial charge in [-0.2, -0.15) is 0 Å². The van der Waals surface area contributed by atoms with E-state index in [-0.39, 0.29) is 5.56 Å². The molecule has 1 heterocycles. The SMILES string of the molecule is O=C(O)CC1(O)C(=O)Nc2cc(Cl)ccc21. The summed E-state index contributed by atoms with van der Waals surface area (Å²) in [5, 5.41) is 21.5. The molecule has 1 aromatic carbocycles. The number of carbonyl (C=O) groups excluding carboxylic acids is 1. The van der Waals surface area contributed by atoms with Gasteiger partial charge in [0.15, 0.2) is 5.60 Å². The molecule has 1 aliphatic heterocycles. The van der Waals surface area contributed by atoms with Crippen LogP contribution in [0.1, 0.15) is 12.0 Å². The molecule has 1 atom stereocenters. The number of benzene rings is 1. The summed E-state index contributed by atoms with van der Waals surface area (Å²) in [7, 11) is 0. The first-order valence-corrected chi connectivity index (χ1v) is 4.87. The molecule has 1 aliphatic rings. The van der Waals surface area contributed by atoms with E-state index in [4.69, 9.17) is 16.7 Å². The third-order valence-electron chi connectivity index (χ3n) is 2.46. The van der Waals surface area contributed by atoms with Crippen molar-refractivity contribution >= 4 is 29.2 Å². The summed E-state index contributed by atoms with van der Waals surface area (Å²) in [5.41, 5.74) is -1.42. The lowest BCUT2D eigenvalue weighted by atomic mass is 9.92. The van der Waals surface area contributed by atoms with E-state index in [0.717, 1.165) is 0 Å². The maximum atomic E-state index is 11.5. The molecular weight excluding hydrogens is 234 g/mol. The molecule has 1 unspecified atom stereocenters. The molecule has 84 valence electrons. The van der Waals surface area contributed by atoms with Crippen molar-refractivity contribution < 1.29 is 19.8 Å². The minimum Gasteiger partial charge on any atom is -0.481 e. The van der Waals surface area contributed by atoms with Crippen molar-refractivity contribution in [2.45, 2.75) is 12.0 Å². The highest BCUT2D eigenvalue weighted by atomic mass is 35.5. The number of aliphatic carboxylic acids is 1. The number of fused-ring (bicyclic) bond motifs is 1. The van der Waals surface area contributed by atoms with Crippen molar-refractivity contribution in [1.82, 2.24) is 0 Å². The second kappa shape index (κ2) is 3.47. The van der Waals surface area contributed by atoms with E-state index in [9.17, 15) is 14.7 Å². The zero-order chi connectivity index (χ0) is 11.9. The van der Waals surface area contributed by atoms with E-state index in [0.29, 0.717) is 10.7 Å². The summed E-state index contributed by atoms with van der Waals surface area (Å²) in [5.74, 6) is -1.99. The average Bonchev–Trinajstić information content (AvgIpc) is 2.37. The molecule has 0 bridgehead atoms. The summed E-state index contributed by atoms with van der Waals surface area (Å²) >= 11 is 5.72. The Kier molecular flexibility index (Phi) is 2.36. The molecule has 0 fully saturated rings. The molecule has 1 amide bonds. The Morgan fingerprint density at radius 2 is 2.19 bits per heavy atom. The van der Waals surface area contributed by atoms with E-state index < -0.39 is 23.9 Å². The highest BCUT2D eigenvalue weighted by Gasteiger charge is 2.46. The van der Waals surface area contributed by atoms with Crippen LogP contribution in [-0.2, 0) is 15.2 Å². The van der Waals surface area contributed by atoms with Crippen molar-refractivity contribution in [1.29, 1.82) is 0 Å². The van der Waals surface area contributed by atoms with Crippen LogP contribution < -0.4 is 5.32 Å². The van der Waals surface area contributed by atoms with Crippen LogP contribution in [0.5, 0.6) is 0 Å². The van der Waals surface area contributed by atoms with Gasteiger partial charge in [-0.1, -0.05) is 17.7 Å². The predicted molar refractivity (Wildman–Crippen MR) is 56.2 cm³/mol. The van der Waals surface area contributed by atoms with Crippen LogP contribution in [0.2, 0.25) is 5.02 Å². The first-order valence-electron chi connectivity index (χ1n) is 4.49. The third-order valence-corrected chi connectivity index (χ3v) is 2.69. The molecule has 0 aliphatic carbocycles. The van der Waals surface area contributed by atoms with Gasteiger partial charge in [0.25, 0.3) is 5.91 Å². The molecule has 6 heteroatoms. The Morgan fingerprint density at radius 1 is 1.50 bits per heavy atom. The summed E-state index contributed by atoms with van der Waals surface area (Å²) in [6.45, 7) is 0. The first kappa shape index (κ1) is 10.9. The number of halogens is 1. The zero-order valence-corrected chi connectivity index (χ0v) is 8.78. The molecule has 0 saturated carbocycles. The molecule has 0 saturated heterocycles. The number of carbonyl (C=O) groups is 2. The van der Waals surface area contributed by atoms with E-state index in [1.54, 1.807) is 0 Å². The number of rotatable bonds is 2. The molecule has 16 heavy (non-hydrogen) atoms. The fourth-order valence-electron chi connectivity index (χ4n) is 1.72. The summed E-state index contributed by atoms with van der Waals surface area (Å²) in [6, 6.07) is 4.40. The minimum absolute atomic E-state index is 0.240. The maximum absolute atomic E-state index is 11.5. The lowest BCUT2D eigenvalue weighted by Crippen LogP contribution is -2.36. The molecule has 0 radical (unpaired) electrons. The predicted octanol–water partition coefficient (Wildman–Crippen LogP) is 0.954. The number of hydrogen-bond acceptors (Lipinski definition) is 3. The van der Waals surface area contributed by atoms with Gasteiger partial charge >= 0.3 is 5.97 Å². The average molecular weight is 242 g/mol. The Bertz CT molecular complexity index is 488. The molecular formula is C10H8ClNO4. The van der Waals surface area contributed by atoms with Gasteiger partial charge in [-0.05, 0) is 12.1 Å². The highest BCUT2D eigenvalue weighted by Crippen LogP contribution is 2.39. The number of aliphatic hydroxyl groups is 1. The van der Waals surface area contributed by atoms with Crippen molar-refractivity contribution in [2.75, 3.05) is 5.32 Å². The Hall–Kier alpha value is -1.59. The van der Waals surface area contributed by atoms with E-state index in [2.05, 4.69) is 5.32 Å². The van der Waals surface area contributed by atoms with Crippen molar-refractivity contribution in [2.24, 2.45) is 0 Å². The number of carboxylic acids is 1. The van der Waals surface area contributed by atoms with Crippen LogP contribution >= 0.6 is 11.6 Å². The van der Waals surface area contributed by atoms with Crippen LogP contribution in [0.4, 0.5) is 5.69 Å². The van der Waals surface area contributed by atoms with E-state index in [1.807, 2.05) is 0 Å². The number of nitrogens with one attached hydrogen (secondary N) is 1. The lowest BCUT2D eigenvalue weighted by Gasteiger charge is -2.17. The highest BCUT2D eigenvalue weighted by molar-refractivity contribution is 6.31. The number of anilines is 1. The topological polar surface area (TPSA) is 86.6 Å². The van der Waals surface area contributed by atoms with Crippen molar-refractivity contribution in [3.63, 3.8) is 0 Å². The lowest BCUT2D eigenvalue weighted by molar-refractivity contribution is -0.149. The second-order valence-corrected chi connectivity index (χ2v) is 4.01. The van der Waals surface area contributed by atoms with E-state index in [1.165, 1.54) is 18.2 Å². The van der Waals surface area contributed by atoms with Gasteiger partial charge in [0.1, 0.15) is 0 Å². The molecule has 1 aromatic rings. The van der Waals surface area contributed by atoms with Gasteiger partial charge in [-0.25, -0.2) is 0 Å². The molecule has 0 spiro atoms. The largest absolute Gasteiger partial charge is 0.481 e. The Labute approximate surface area is 95.6 Å². The summed E-state index contributed by atoms with van der Waals surface area (Å²) in [4.78, 5) is 22.1. The van der Waals surface area contributed by atoms with Gasteiger partial charge in [0.05, 0.1) is 6.42 Å². The van der Waals surface area contributed by atoms with Gasteiger partial charge in [0, 0.05) is 16.3 Å². The molecule has 5 nitrogen and oxygen atoms in total. The Morgan fingerprint density at radius 3 is 2.81 bits per heavy atom. The molecule has 3 N–H and O–H groups in total. The smallest absolute Gasteiger partial charge is 0.307 e. The summed E-state index contributed by atoms with van der Waals surface area (Å²) in [6.07, 6.45) is -0.673. The maximum Gasteiger partial charge on any atom is 0.307 e. The fourth-order valence-corrected chi connectivity index (χ4v) is 1.90. The van der Waals surface area contributed by atoms with E-state index >= 15 is 0 Å². The molecule has 2 rings (SSSR count). The van der Waals surface area contributed by atoms with Crippen molar-refractivity contribution in [3.8, 4) is 0 Å². The number of amides is 1. The number of carboxylic acid groups (broad SMARTS) is 1. The second-order valence-electron chi connectivity index (χ2n) is 3.57. The minimum atomic E-state index is -2.01. The third kappa shape index (κ3) is 1.54. The molecule has 0 aromatic heterocycles. The van der Waals surface area contributed by atoms with Crippen LogP contribution in [0.3, 0.4) is 0 Å². The number of hydrogen-bond donors (Lipinski definition) is 3. The van der Waals surface area contributed by atoms with Crippen LogP contribution in [-0.4, -0.2) is 22.1 Å². The van der Waals surface area contributed by atoms with Gasteiger partial charge in [0.2, 0.25) is 0 Å². The van der Waals surface area contributed by atoms with Gasteiger partial charge in [-0.3, -0.25) is 9.59 Å². The zero-order valence-electron chi connectivity index (χ0n) is 8.03. The monoisotopic (exact) mass is 241 g/mol. The van der Waals surface area contributed by atoms with Gasteiger partial charge < -0.3 is 15.5 Å². The van der Waals surface area contributed by atoms with Crippen LogP contribution in [0.25, 0.3) is 0 Å². The fraction of sp³-hybridized carbons (Fsp3) is 0.200. The summed E-state index contributed by atoms with van der Waals surface area (Å²) < 4.78 is 0.